The van der Waals surface area contributed by atoms with E-state index in [1.54, 1.807) is 6.07 Å². The van der Waals surface area contributed by atoms with Crippen LogP contribution in [-0.2, 0) is 9.59 Å². The summed E-state index contributed by atoms with van der Waals surface area (Å²) in [4.78, 5) is 42.3. The maximum absolute atomic E-state index is 14.1. The first-order valence-electron chi connectivity index (χ1n) is 11.5. The van der Waals surface area contributed by atoms with Crippen molar-refractivity contribution in [3.05, 3.63) is 35.6 Å². The topological polar surface area (TPSA) is 69.7 Å². The Labute approximate surface area is 184 Å². The van der Waals surface area contributed by atoms with Gasteiger partial charge in [0.15, 0.2) is 0 Å². The Bertz CT molecular complexity index is 784. The number of nitrogens with one attached hydrogen (secondary N) is 1. The van der Waals surface area contributed by atoms with Crippen LogP contribution in [0.4, 0.5) is 4.39 Å². The molecule has 2 fully saturated rings. The second kappa shape index (κ2) is 10.7. The van der Waals surface area contributed by atoms with E-state index in [1.165, 1.54) is 18.2 Å². The van der Waals surface area contributed by atoms with Crippen LogP contribution in [0, 0.1) is 17.7 Å². The summed E-state index contributed by atoms with van der Waals surface area (Å²) in [6, 6.07) is 5.12. The second-order valence-electron chi connectivity index (χ2n) is 9.13. The minimum Gasteiger partial charge on any atom is -0.343 e. The van der Waals surface area contributed by atoms with Crippen LogP contribution in [0.2, 0.25) is 0 Å². The van der Waals surface area contributed by atoms with E-state index in [1.807, 2.05) is 23.6 Å². The first-order valence-corrected chi connectivity index (χ1v) is 11.5. The molecule has 0 aromatic heterocycles. The smallest absolute Gasteiger partial charge is 0.254 e. The molecule has 2 aliphatic rings. The Morgan fingerprint density at radius 1 is 1.00 bits per heavy atom. The van der Waals surface area contributed by atoms with Crippen molar-refractivity contribution in [3.8, 4) is 0 Å². The molecule has 1 aromatic carbocycles. The Balaban J connectivity index is 1.72. The number of carbonyl (C=O) groups is 3. The minimum absolute atomic E-state index is 0.0523. The molecule has 1 unspecified atom stereocenters. The molecule has 0 aliphatic carbocycles. The van der Waals surface area contributed by atoms with Gasteiger partial charge in [0.1, 0.15) is 11.9 Å². The molecule has 1 N–H and O–H groups in total. The Hall–Kier alpha value is -2.44. The molecule has 2 heterocycles. The van der Waals surface area contributed by atoms with Gasteiger partial charge < -0.3 is 15.1 Å². The molecule has 0 radical (unpaired) electrons. The van der Waals surface area contributed by atoms with Gasteiger partial charge in [-0.3, -0.25) is 14.4 Å². The molecule has 1 aromatic rings. The number of likely N-dealkylation sites (tertiary alicyclic amines) is 2. The third-order valence-corrected chi connectivity index (χ3v) is 6.29. The molecule has 3 amide bonds. The van der Waals surface area contributed by atoms with Gasteiger partial charge in [-0.25, -0.2) is 4.39 Å². The van der Waals surface area contributed by atoms with E-state index in [2.05, 4.69) is 5.32 Å². The van der Waals surface area contributed by atoms with Gasteiger partial charge >= 0.3 is 0 Å². The number of benzene rings is 1. The van der Waals surface area contributed by atoms with Gasteiger partial charge in [0.2, 0.25) is 11.8 Å². The van der Waals surface area contributed by atoms with Crippen LogP contribution < -0.4 is 5.32 Å². The van der Waals surface area contributed by atoms with Crippen LogP contribution in [0.25, 0.3) is 0 Å². The average molecular weight is 432 g/mol. The second-order valence-corrected chi connectivity index (χ2v) is 9.13. The lowest BCUT2D eigenvalue weighted by Crippen LogP contribution is -2.55. The Morgan fingerprint density at radius 2 is 1.65 bits per heavy atom. The molecule has 1 atom stereocenters. The van der Waals surface area contributed by atoms with Crippen LogP contribution in [0.1, 0.15) is 62.7 Å². The Kier molecular flexibility index (Phi) is 8.04. The fraction of sp³-hybridized carbons (Fsp3) is 0.625. The number of hydrogen-bond acceptors (Lipinski definition) is 3. The molecule has 170 valence electrons. The fourth-order valence-electron chi connectivity index (χ4n) is 4.52. The lowest BCUT2D eigenvalue weighted by Gasteiger charge is -2.38. The standard InChI is InChI=1S/C24H34FN3O3/c1-17(2)16-21(29)27-14-10-18(11-15-27)22(24(31)28-12-6-3-7-13-28)26-23(30)19-8-4-5-9-20(19)25/h4-5,8-9,17-18,22H,3,6-7,10-16H2,1-2H3,(H,26,30). The van der Waals surface area contributed by atoms with Gasteiger partial charge in [-0.15, -0.1) is 0 Å². The van der Waals surface area contributed by atoms with E-state index < -0.39 is 17.8 Å². The molecule has 31 heavy (non-hydrogen) atoms. The van der Waals surface area contributed by atoms with Crippen molar-refractivity contribution in [2.24, 2.45) is 11.8 Å². The summed E-state index contributed by atoms with van der Waals surface area (Å²) in [7, 11) is 0. The number of halogens is 1. The summed E-state index contributed by atoms with van der Waals surface area (Å²) in [6.07, 6.45) is 4.83. The van der Waals surface area contributed by atoms with Gasteiger partial charge in [0, 0.05) is 32.6 Å². The number of amides is 3. The highest BCUT2D eigenvalue weighted by Gasteiger charge is 2.36. The van der Waals surface area contributed by atoms with Gasteiger partial charge in [-0.05, 0) is 56.1 Å². The SMILES string of the molecule is CC(C)CC(=O)N1CCC(C(NC(=O)c2ccccc2F)C(=O)N2CCCCC2)CC1. The van der Waals surface area contributed by atoms with E-state index >= 15 is 0 Å². The first-order chi connectivity index (χ1) is 14.9. The summed E-state index contributed by atoms with van der Waals surface area (Å²) in [6.45, 7) is 6.59. The zero-order valence-electron chi connectivity index (χ0n) is 18.6. The van der Waals surface area contributed by atoms with E-state index in [9.17, 15) is 18.8 Å². The molecular weight excluding hydrogens is 397 g/mol. The molecule has 0 spiro atoms. The summed E-state index contributed by atoms with van der Waals surface area (Å²) < 4.78 is 14.1. The van der Waals surface area contributed by atoms with Crippen LogP contribution in [-0.4, -0.2) is 59.7 Å². The van der Waals surface area contributed by atoms with Crippen molar-refractivity contribution in [3.63, 3.8) is 0 Å². The molecule has 2 aliphatic heterocycles. The highest BCUT2D eigenvalue weighted by atomic mass is 19.1. The van der Waals surface area contributed by atoms with E-state index in [-0.39, 0.29) is 23.3 Å². The zero-order chi connectivity index (χ0) is 22.4. The van der Waals surface area contributed by atoms with Gasteiger partial charge in [-0.1, -0.05) is 26.0 Å². The van der Waals surface area contributed by atoms with Gasteiger partial charge in [-0.2, -0.15) is 0 Å². The van der Waals surface area contributed by atoms with Crippen molar-refractivity contribution in [1.82, 2.24) is 15.1 Å². The highest BCUT2D eigenvalue weighted by molar-refractivity contribution is 5.97. The number of rotatable bonds is 6. The van der Waals surface area contributed by atoms with Crippen LogP contribution in [0.3, 0.4) is 0 Å². The number of nitrogens with zero attached hydrogens (tertiary/aromatic N) is 2. The van der Waals surface area contributed by atoms with Crippen LogP contribution in [0.5, 0.6) is 0 Å². The average Bonchev–Trinajstić information content (AvgIpc) is 2.77. The van der Waals surface area contributed by atoms with Crippen molar-refractivity contribution in [1.29, 1.82) is 0 Å². The number of carbonyl (C=O) groups excluding carboxylic acids is 3. The minimum atomic E-state index is -0.701. The zero-order valence-corrected chi connectivity index (χ0v) is 18.6. The summed E-state index contributed by atoms with van der Waals surface area (Å²) in [5, 5.41) is 2.84. The van der Waals surface area contributed by atoms with Crippen molar-refractivity contribution in [2.45, 2.75) is 58.4 Å². The summed E-state index contributed by atoms with van der Waals surface area (Å²) >= 11 is 0. The number of hydrogen-bond donors (Lipinski definition) is 1. The molecular formula is C24H34FN3O3. The largest absolute Gasteiger partial charge is 0.343 e. The van der Waals surface area contributed by atoms with Crippen LogP contribution >= 0.6 is 0 Å². The monoisotopic (exact) mass is 431 g/mol. The van der Waals surface area contributed by atoms with E-state index in [0.29, 0.717) is 51.4 Å². The predicted molar refractivity (Wildman–Crippen MR) is 117 cm³/mol. The van der Waals surface area contributed by atoms with Crippen molar-refractivity contribution in [2.75, 3.05) is 26.2 Å². The van der Waals surface area contributed by atoms with E-state index in [0.717, 1.165) is 19.3 Å². The third kappa shape index (κ3) is 6.05. The summed E-state index contributed by atoms with van der Waals surface area (Å²) in [5.41, 5.74) is -0.0523. The number of piperidine rings is 2. The molecule has 7 heteroatoms. The lowest BCUT2D eigenvalue weighted by molar-refractivity contribution is -0.137. The molecule has 2 saturated heterocycles. The molecule has 3 rings (SSSR count). The van der Waals surface area contributed by atoms with Crippen molar-refractivity contribution < 1.29 is 18.8 Å². The van der Waals surface area contributed by atoms with Crippen LogP contribution in [0.15, 0.2) is 24.3 Å². The lowest BCUT2D eigenvalue weighted by atomic mass is 9.87. The quantitative estimate of drug-likeness (QED) is 0.752. The molecule has 0 bridgehead atoms. The van der Waals surface area contributed by atoms with E-state index in [4.69, 9.17) is 0 Å². The maximum atomic E-state index is 14.1. The van der Waals surface area contributed by atoms with Crippen molar-refractivity contribution >= 4 is 17.7 Å². The molecule has 0 saturated carbocycles. The van der Waals surface area contributed by atoms with Gasteiger partial charge in [0.25, 0.3) is 5.91 Å². The molecule has 6 nitrogen and oxygen atoms in total. The Morgan fingerprint density at radius 3 is 2.26 bits per heavy atom. The highest BCUT2D eigenvalue weighted by Crippen LogP contribution is 2.25. The maximum Gasteiger partial charge on any atom is 0.254 e. The fourth-order valence-corrected chi connectivity index (χ4v) is 4.52. The predicted octanol–water partition coefficient (Wildman–Crippen LogP) is 3.22. The normalized spacial score (nSPS) is 18.7. The third-order valence-electron chi connectivity index (χ3n) is 6.29. The van der Waals surface area contributed by atoms with Gasteiger partial charge in [0.05, 0.1) is 5.56 Å². The first kappa shape index (κ1) is 23.2. The summed E-state index contributed by atoms with van der Waals surface area (Å²) in [5.74, 6) is -0.879.